The summed E-state index contributed by atoms with van der Waals surface area (Å²) in [6, 6.07) is 4.84. The first-order valence-corrected chi connectivity index (χ1v) is 6.22. The summed E-state index contributed by atoms with van der Waals surface area (Å²) in [7, 11) is 0. The summed E-state index contributed by atoms with van der Waals surface area (Å²) in [6.45, 7) is 0. The van der Waals surface area contributed by atoms with Crippen molar-refractivity contribution in [2.75, 3.05) is 0 Å². The maximum atomic E-state index is 12.5. The predicted molar refractivity (Wildman–Crippen MR) is 69.4 cm³/mol. The van der Waals surface area contributed by atoms with Crippen LogP contribution < -0.4 is 0 Å². The molecule has 0 fully saturated rings. The number of carbonyl (C=O) groups is 1. The third-order valence-electron chi connectivity index (χ3n) is 2.37. The molecule has 2 aromatic rings. The van der Waals surface area contributed by atoms with Gasteiger partial charge in [0.1, 0.15) is 9.88 Å². The molecule has 7 heteroatoms. The Morgan fingerprint density at radius 3 is 2.65 bits per heavy atom. The number of hydrogen-bond acceptors (Lipinski definition) is 3. The lowest BCUT2D eigenvalue weighted by Crippen LogP contribution is -2.04. The summed E-state index contributed by atoms with van der Waals surface area (Å²) in [5, 5.41) is 9.15. The van der Waals surface area contributed by atoms with Crippen LogP contribution in [0.2, 0.25) is 0 Å². The molecule has 104 valence electrons. The Kier molecular flexibility index (Phi) is 3.89. The number of nitrogens with zero attached hydrogens (tertiary/aromatic N) is 1. The van der Waals surface area contributed by atoms with E-state index < -0.39 is 17.7 Å². The maximum Gasteiger partial charge on any atom is 0.416 e. The number of carboxylic acid groups (broad SMARTS) is 1. The Labute approximate surface area is 116 Å². The molecule has 1 heterocycles. The van der Waals surface area contributed by atoms with Gasteiger partial charge >= 0.3 is 12.1 Å². The van der Waals surface area contributed by atoms with Gasteiger partial charge in [0.25, 0.3) is 0 Å². The highest BCUT2D eigenvalue weighted by molar-refractivity contribution is 7.14. The van der Waals surface area contributed by atoms with Crippen LogP contribution in [0.3, 0.4) is 0 Å². The number of aromatic nitrogens is 1. The van der Waals surface area contributed by atoms with Crippen molar-refractivity contribution in [1.82, 2.24) is 4.98 Å². The van der Waals surface area contributed by atoms with Crippen molar-refractivity contribution in [3.8, 4) is 0 Å². The first-order chi connectivity index (χ1) is 9.36. The molecule has 0 radical (unpaired) electrons. The molecule has 2 rings (SSSR count). The molecule has 1 N–H and O–H groups in total. The predicted octanol–water partition coefficient (Wildman–Crippen LogP) is 4.03. The van der Waals surface area contributed by atoms with E-state index in [-0.39, 0.29) is 4.88 Å². The number of aromatic carboxylic acids is 1. The molecule has 0 aliphatic rings. The van der Waals surface area contributed by atoms with Crippen molar-refractivity contribution in [2.45, 2.75) is 6.18 Å². The van der Waals surface area contributed by atoms with Crippen LogP contribution in [0.25, 0.3) is 12.2 Å². The summed E-state index contributed by atoms with van der Waals surface area (Å²) in [6.07, 6.45) is -0.243. The molecule has 0 aliphatic carbocycles. The van der Waals surface area contributed by atoms with Crippen LogP contribution in [0.1, 0.15) is 25.8 Å². The standard InChI is InChI=1S/C13H8F3NO2S/c14-13(15,16)9-3-1-2-8(6-9)4-5-11-17-7-10(20-11)12(18)19/h1-7H,(H,18,19). The Bertz CT molecular complexity index is 662. The first kappa shape index (κ1) is 14.3. The van der Waals surface area contributed by atoms with Gasteiger partial charge in [0.2, 0.25) is 0 Å². The van der Waals surface area contributed by atoms with Gasteiger partial charge in [0, 0.05) is 0 Å². The smallest absolute Gasteiger partial charge is 0.416 e. The zero-order valence-electron chi connectivity index (χ0n) is 9.89. The Balaban J connectivity index is 2.20. The minimum atomic E-state index is -4.39. The maximum absolute atomic E-state index is 12.5. The molecule has 1 aromatic carbocycles. The van der Waals surface area contributed by atoms with E-state index in [2.05, 4.69) is 4.98 Å². The number of benzene rings is 1. The van der Waals surface area contributed by atoms with E-state index in [4.69, 9.17) is 5.11 Å². The monoisotopic (exact) mass is 299 g/mol. The van der Waals surface area contributed by atoms with Gasteiger partial charge in [-0.3, -0.25) is 0 Å². The number of alkyl halides is 3. The fourth-order valence-electron chi connectivity index (χ4n) is 1.45. The summed E-state index contributed by atoms with van der Waals surface area (Å²) < 4.78 is 37.6. The second-order valence-electron chi connectivity index (χ2n) is 3.82. The van der Waals surface area contributed by atoms with Crippen molar-refractivity contribution >= 4 is 29.5 Å². The molecule has 0 spiro atoms. The third-order valence-corrected chi connectivity index (χ3v) is 3.32. The largest absolute Gasteiger partial charge is 0.477 e. The number of hydrogen-bond donors (Lipinski definition) is 1. The van der Waals surface area contributed by atoms with Gasteiger partial charge in [0.05, 0.1) is 11.8 Å². The van der Waals surface area contributed by atoms with Gasteiger partial charge in [-0.1, -0.05) is 18.2 Å². The Hall–Kier alpha value is -2.15. The van der Waals surface area contributed by atoms with Gasteiger partial charge in [-0.15, -0.1) is 11.3 Å². The molecule has 20 heavy (non-hydrogen) atoms. The molecular formula is C13H8F3NO2S. The first-order valence-electron chi connectivity index (χ1n) is 5.41. The van der Waals surface area contributed by atoms with Crippen LogP contribution >= 0.6 is 11.3 Å². The molecule has 0 aliphatic heterocycles. The van der Waals surface area contributed by atoms with Crippen LogP contribution in [0.15, 0.2) is 30.5 Å². The fourth-order valence-corrected chi connectivity index (χ4v) is 2.11. The highest BCUT2D eigenvalue weighted by Gasteiger charge is 2.30. The molecule has 0 bridgehead atoms. The average Bonchev–Trinajstić information content (AvgIpc) is 2.85. The van der Waals surface area contributed by atoms with Gasteiger partial charge in [0.15, 0.2) is 0 Å². The van der Waals surface area contributed by atoms with Gasteiger partial charge < -0.3 is 5.11 Å². The second kappa shape index (κ2) is 5.46. The quantitative estimate of drug-likeness (QED) is 0.931. The second-order valence-corrected chi connectivity index (χ2v) is 4.89. The van der Waals surface area contributed by atoms with Crippen LogP contribution in [-0.2, 0) is 6.18 Å². The van der Waals surface area contributed by atoms with Gasteiger partial charge in [-0.05, 0) is 23.8 Å². The van der Waals surface area contributed by atoms with Crippen LogP contribution in [0.4, 0.5) is 13.2 Å². The lowest BCUT2D eigenvalue weighted by Gasteiger charge is -2.06. The van der Waals surface area contributed by atoms with Crippen molar-refractivity contribution in [3.05, 3.63) is 51.5 Å². The number of carboxylic acids is 1. The van der Waals surface area contributed by atoms with Crippen molar-refractivity contribution < 1.29 is 23.1 Å². The summed E-state index contributed by atoms with van der Waals surface area (Å²) in [4.78, 5) is 14.6. The third kappa shape index (κ3) is 3.45. The van der Waals surface area contributed by atoms with Gasteiger partial charge in [-0.2, -0.15) is 13.2 Å². The average molecular weight is 299 g/mol. The Morgan fingerprint density at radius 2 is 2.05 bits per heavy atom. The molecule has 0 unspecified atom stereocenters. The number of halogens is 3. The molecular weight excluding hydrogens is 291 g/mol. The molecule has 0 saturated carbocycles. The normalized spacial score (nSPS) is 11.9. The van der Waals surface area contributed by atoms with E-state index in [0.717, 1.165) is 23.5 Å². The number of rotatable bonds is 3. The van der Waals surface area contributed by atoms with Crippen molar-refractivity contribution in [1.29, 1.82) is 0 Å². The molecule has 1 aromatic heterocycles. The highest BCUT2D eigenvalue weighted by Crippen LogP contribution is 2.30. The highest BCUT2D eigenvalue weighted by atomic mass is 32.1. The SMILES string of the molecule is O=C(O)c1cnc(C=Cc2cccc(C(F)(F)F)c2)s1. The minimum absolute atomic E-state index is 0.0775. The van der Waals surface area contributed by atoms with E-state index in [0.29, 0.717) is 10.6 Å². The zero-order chi connectivity index (χ0) is 14.8. The van der Waals surface area contributed by atoms with Crippen LogP contribution in [0.5, 0.6) is 0 Å². The summed E-state index contributed by atoms with van der Waals surface area (Å²) in [5.74, 6) is -1.08. The molecule has 0 saturated heterocycles. The van der Waals surface area contributed by atoms with Crippen molar-refractivity contribution in [3.63, 3.8) is 0 Å². The summed E-state index contributed by atoms with van der Waals surface area (Å²) in [5.41, 5.74) is -0.364. The van der Waals surface area contributed by atoms with Crippen LogP contribution in [-0.4, -0.2) is 16.1 Å². The van der Waals surface area contributed by atoms with Gasteiger partial charge in [-0.25, -0.2) is 9.78 Å². The zero-order valence-corrected chi connectivity index (χ0v) is 10.7. The Morgan fingerprint density at radius 1 is 1.30 bits per heavy atom. The van der Waals surface area contributed by atoms with E-state index in [9.17, 15) is 18.0 Å². The van der Waals surface area contributed by atoms with Crippen LogP contribution in [0, 0.1) is 0 Å². The fraction of sp³-hybridized carbons (Fsp3) is 0.0769. The molecule has 0 amide bonds. The van der Waals surface area contributed by atoms with E-state index in [1.165, 1.54) is 30.5 Å². The van der Waals surface area contributed by atoms with Crippen molar-refractivity contribution in [2.24, 2.45) is 0 Å². The summed E-state index contributed by atoms with van der Waals surface area (Å²) >= 11 is 0.950. The molecule has 3 nitrogen and oxygen atoms in total. The van der Waals surface area contributed by atoms with E-state index >= 15 is 0 Å². The topological polar surface area (TPSA) is 50.2 Å². The molecule has 0 atom stereocenters. The van der Waals surface area contributed by atoms with E-state index in [1.54, 1.807) is 0 Å². The lowest BCUT2D eigenvalue weighted by atomic mass is 10.1. The lowest BCUT2D eigenvalue weighted by molar-refractivity contribution is -0.137. The minimum Gasteiger partial charge on any atom is -0.477 e. The van der Waals surface area contributed by atoms with E-state index in [1.807, 2.05) is 0 Å². The number of thiazole rings is 1.